The Morgan fingerprint density at radius 2 is 2.24 bits per heavy atom. The van der Waals surface area contributed by atoms with Gasteiger partial charge in [0, 0.05) is 18.7 Å². The van der Waals surface area contributed by atoms with Crippen molar-refractivity contribution in [3.8, 4) is 11.4 Å². The van der Waals surface area contributed by atoms with Crippen LogP contribution in [0.2, 0.25) is 0 Å². The van der Waals surface area contributed by atoms with Crippen LogP contribution in [0.1, 0.15) is 12.5 Å². The van der Waals surface area contributed by atoms with E-state index in [0.717, 1.165) is 30.4 Å². The summed E-state index contributed by atoms with van der Waals surface area (Å²) in [7, 11) is 0. The van der Waals surface area contributed by atoms with Gasteiger partial charge in [0.25, 0.3) is 0 Å². The largest absolute Gasteiger partial charge is 0.354 e. The van der Waals surface area contributed by atoms with Gasteiger partial charge in [-0.1, -0.05) is 30.7 Å². The van der Waals surface area contributed by atoms with E-state index in [1.165, 1.54) is 5.56 Å². The highest BCUT2D eigenvalue weighted by Gasteiger charge is 2.20. The van der Waals surface area contributed by atoms with Crippen molar-refractivity contribution in [2.45, 2.75) is 20.4 Å². The molecular weight excluding hydrogens is 212 g/mol. The molecule has 0 aliphatic carbocycles. The van der Waals surface area contributed by atoms with Crippen LogP contribution in [-0.2, 0) is 6.54 Å². The number of aryl methyl sites for hydroxylation is 1. The molecule has 1 atom stereocenters. The quantitative estimate of drug-likeness (QED) is 0.814. The van der Waals surface area contributed by atoms with Gasteiger partial charge in [0.05, 0.1) is 0 Å². The lowest BCUT2D eigenvalue weighted by Crippen LogP contribution is -2.25. The minimum Gasteiger partial charge on any atom is -0.354 e. The van der Waals surface area contributed by atoms with Crippen LogP contribution in [0.3, 0.4) is 0 Å². The van der Waals surface area contributed by atoms with Crippen molar-refractivity contribution >= 4 is 5.95 Å². The number of hydrogen-bond acceptors (Lipinski definition) is 3. The highest BCUT2D eigenvalue weighted by molar-refractivity contribution is 5.58. The van der Waals surface area contributed by atoms with Gasteiger partial charge in [0.1, 0.15) is 0 Å². The second-order valence-corrected chi connectivity index (χ2v) is 4.81. The zero-order valence-corrected chi connectivity index (χ0v) is 10.1. The third-order valence-corrected chi connectivity index (χ3v) is 3.13. The Morgan fingerprint density at radius 1 is 1.35 bits per heavy atom. The SMILES string of the molecule is Cc1cccc(-c2nnc3n2CC(C)CN3)c1. The summed E-state index contributed by atoms with van der Waals surface area (Å²) in [6, 6.07) is 8.39. The monoisotopic (exact) mass is 228 g/mol. The van der Waals surface area contributed by atoms with Crippen molar-refractivity contribution in [1.82, 2.24) is 14.8 Å². The van der Waals surface area contributed by atoms with Crippen molar-refractivity contribution in [1.29, 1.82) is 0 Å². The molecule has 17 heavy (non-hydrogen) atoms. The third kappa shape index (κ3) is 1.79. The molecule has 0 fully saturated rings. The maximum absolute atomic E-state index is 4.29. The summed E-state index contributed by atoms with van der Waals surface area (Å²) in [4.78, 5) is 0. The molecule has 0 amide bonds. The average molecular weight is 228 g/mol. The predicted octanol–water partition coefficient (Wildman–Crippen LogP) is 2.32. The van der Waals surface area contributed by atoms with E-state index < -0.39 is 0 Å². The van der Waals surface area contributed by atoms with E-state index >= 15 is 0 Å². The van der Waals surface area contributed by atoms with Crippen LogP contribution in [0.15, 0.2) is 24.3 Å². The number of hydrogen-bond donors (Lipinski definition) is 1. The van der Waals surface area contributed by atoms with Crippen LogP contribution >= 0.6 is 0 Å². The van der Waals surface area contributed by atoms with Crippen molar-refractivity contribution in [2.75, 3.05) is 11.9 Å². The molecule has 1 aliphatic heterocycles. The van der Waals surface area contributed by atoms with Gasteiger partial charge in [-0.2, -0.15) is 0 Å². The van der Waals surface area contributed by atoms with Gasteiger partial charge in [-0.15, -0.1) is 10.2 Å². The number of rotatable bonds is 1. The minimum absolute atomic E-state index is 0.613. The summed E-state index contributed by atoms with van der Waals surface area (Å²) in [5.74, 6) is 2.46. The predicted molar refractivity (Wildman–Crippen MR) is 67.8 cm³/mol. The van der Waals surface area contributed by atoms with E-state index in [0.29, 0.717) is 5.92 Å². The normalized spacial score (nSPS) is 18.6. The Hall–Kier alpha value is -1.84. The summed E-state index contributed by atoms with van der Waals surface area (Å²) in [5, 5.41) is 11.8. The van der Waals surface area contributed by atoms with Gasteiger partial charge >= 0.3 is 0 Å². The molecule has 0 saturated heterocycles. The molecule has 1 N–H and O–H groups in total. The van der Waals surface area contributed by atoms with Crippen LogP contribution in [0, 0.1) is 12.8 Å². The van der Waals surface area contributed by atoms with E-state index in [1.54, 1.807) is 0 Å². The smallest absolute Gasteiger partial charge is 0.224 e. The number of benzene rings is 1. The van der Waals surface area contributed by atoms with Crippen molar-refractivity contribution < 1.29 is 0 Å². The van der Waals surface area contributed by atoms with E-state index in [2.05, 4.69) is 58.2 Å². The molecule has 1 unspecified atom stereocenters. The molecule has 1 aromatic heterocycles. The highest BCUT2D eigenvalue weighted by atomic mass is 15.4. The zero-order chi connectivity index (χ0) is 11.8. The number of nitrogens with one attached hydrogen (secondary N) is 1. The first-order chi connectivity index (χ1) is 8.24. The van der Waals surface area contributed by atoms with Crippen molar-refractivity contribution in [2.24, 2.45) is 5.92 Å². The molecule has 0 radical (unpaired) electrons. The number of nitrogens with zero attached hydrogens (tertiary/aromatic N) is 3. The molecule has 0 saturated carbocycles. The van der Waals surface area contributed by atoms with E-state index in [9.17, 15) is 0 Å². The van der Waals surface area contributed by atoms with Gasteiger partial charge < -0.3 is 5.32 Å². The molecule has 1 aromatic carbocycles. The van der Waals surface area contributed by atoms with E-state index in [4.69, 9.17) is 0 Å². The summed E-state index contributed by atoms with van der Waals surface area (Å²) < 4.78 is 2.17. The van der Waals surface area contributed by atoms with Gasteiger partial charge in [-0.3, -0.25) is 4.57 Å². The zero-order valence-electron chi connectivity index (χ0n) is 10.1. The van der Waals surface area contributed by atoms with Crippen LogP contribution in [0.25, 0.3) is 11.4 Å². The topological polar surface area (TPSA) is 42.7 Å². The summed E-state index contributed by atoms with van der Waals surface area (Å²) in [6.45, 7) is 6.29. The molecule has 2 aromatic rings. The fourth-order valence-corrected chi connectivity index (χ4v) is 2.25. The van der Waals surface area contributed by atoms with E-state index in [-0.39, 0.29) is 0 Å². The first-order valence-electron chi connectivity index (χ1n) is 5.98. The fraction of sp³-hybridized carbons (Fsp3) is 0.385. The average Bonchev–Trinajstić information content (AvgIpc) is 2.71. The van der Waals surface area contributed by atoms with Gasteiger partial charge in [0.15, 0.2) is 5.82 Å². The standard InChI is InChI=1S/C13H16N4/c1-9-4-3-5-11(6-9)12-15-16-13-14-7-10(2)8-17(12)13/h3-6,10H,7-8H2,1-2H3,(H,14,16). The second kappa shape index (κ2) is 3.87. The van der Waals surface area contributed by atoms with Crippen LogP contribution in [0.5, 0.6) is 0 Å². The lowest BCUT2D eigenvalue weighted by Gasteiger charge is -2.22. The minimum atomic E-state index is 0.613. The Balaban J connectivity index is 2.07. The molecule has 4 nitrogen and oxygen atoms in total. The second-order valence-electron chi connectivity index (χ2n) is 4.81. The third-order valence-electron chi connectivity index (χ3n) is 3.13. The Bertz CT molecular complexity index is 544. The summed E-state index contributed by atoms with van der Waals surface area (Å²) in [5.41, 5.74) is 2.39. The van der Waals surface area contributed by atoms with Crippen LogP contribution in [-0.4, -0.2) is 21.3 Å². The molecule has 0 spiro atoms. The highest BCUT2D eigenvalue weighted by Crippen LogP contribution is 2.25. The molecule has 2 heterocycles. The van der Waals surface area contributed by atoms with Crippen molar-refractivity contribution in [3.05, 3.63) is 29.8 Å². The molecule has 4 heteroatoms. The fourth-order valence-electron chi connectivity index (χ4n) is 2.25. The maximum atomic E-state index is 4.29. The summed E-state index contributed by atoms with van der Waals surface area (Å²) in [6.07, 6.45) is 0. The molecular formula is C13H16N4. The summed E-state index contributed by atoms with van der Waals surface area (Å²) >= 11 is 0. The van der Waals surface area contributed by atoms with Crippen LogP contribution < -0.4 is 5.32 Å². The molecule has 1 aliphatic rings. The first kappa shape index (κ1) is 10.3. The Morgan fingerprint density at radius 3 is 3.06 bits per heavy atom. The van der Waals surface area contributed by atoms with Gasteiger partial charge in [-0.25, -0.2) is 0 Å². The Kier molecular flexibility index (Phi) is 2.35. The molecule has 3 rings (SSSR count). The first-order valence-corrected chi connectivity index (χ1v) is 5.98. The lowest BCUT2D eigenvalue weighted by molar-refractivity contribution is 0.480. The van der Waals surface area contributed by atoms with Crippen LogP contribution in [0.4, 0.5) is 5.95 Å². The molecule has 88 valence electrons. The number of aromatic nitrogens is 3. The lowest BCUT2D eigenvalue weighted by atomic mass is 10.1. The molecule has 0 bridgehead atoms. The van der Waals surface area contributed by atoms with Gasteiger partial charge in [-0.05, 0) is 18.9 Å². The van der Waals surface area contributed by atoms with E-state index in [1.807, 2.05) is 0 Å². The van der Waals surface area contributed by atoms with Crippen molar-refractivity contribution in [3.63, 3.8) is 0 Å². The maximum Gasteiger partial charge on any atom is 0.224 e. The Labute approximate surface area is 101 Å². The number of anilines is 1. The van der Waals surface area contributed by atoms with Gasteiger partial charge in [0.2, 0.25) is 5.95 Å². The number of fused-ring (bicyclic) bond motifs is 1.